The Hall–Kier alpha value is -2.57. The van der Waals surface area contributed by atoms with Gasteiger partial charge >= 0.3 is 12.1 Å². The zero-order chi connectivity index (χ0) is 18.7. The molecule has 7 nitrogen and oxygen atoms in total. The van der Waals surface area contributed by atoms with E-state index < -0.39 is 23.6 Å². The molecule has 0 bridgehead atoms. The van der Waals surface area contributed by atoms with Gasteiger partial charge < -0.3 is 14.4 Å². The first-order valence-electron chi connectivity index (χ1n) is 8.87. The molecule has 2 amide bonds. The number of amides is 2. The highest BCUT2D eigenvalue weighted by molar-refractivity contribution is 5.95. The molecule has 2 aliphatic heterocycles. The minimum absolute atomic E-state index is 0.169. The Morgan fingerprint density at radius 2 is 1.92 bits per heavy atom. The number of rotatable bonds is 4. The zero-order valence-corrected chi connectivity index (χ0v) is 15.1. The first-order chi connectivity index (χ1) is 12.5. The maximum atomic E-state index is 13.0. The summed E-state index contributed by atoms with van der Waals surface area (Å²) in [7, 11) is 1.30. The quantitative estimate of drug-likeness (QED) is 0.767. The zero-order valence-electron chi connectivity index (χ0n) is 15.1. The van der Waals surface area contributed by atoms with Crippen LogP contribution < -0.4 is 0 Å². The molecule has 1 aromatic carbocycles. The van der Waals surface area contributed by atoms with Crippen molar-refractivity contribution < 1.29 is 23.9 Å². The van der Waals surface area contributed by atoms with Gasteiger partial charge in [-0.2, -0.15) is 0 Å². The fourth-order valence-electron chi connectivity index (χ4n) is 3.87. The van der Waals surface area contributed by atoms with Gasteiger partial charge in [0.25, 0.3) is 0 Å². The molecule has 0 N–H and O–H groups in total. The van der Waals surface area contributed by atoms with Crippen molar-refractivity contribution in [3.8, 4) is 0 Å². The molecule has 1 aromatic rings. The van der Waals surface area contributed by atoms with E-state index in [-0.39, 0.29) is 12.5 Å². The second-order valence-corrected chi connectivity index (χ2v) is 6.77. The van der Waals surface area contributed by atoms with Crippen molar-refractivity contribution in [3.63, 3.8) is 0 Å². The van der Waals surface area contributed by atoms with E-state index in [1.807, 2.05) is 30.3 Å². The van der Waals surface area contributed by atoms with E-state index in [1.165, 1.54) is 12.0 Å². The van der Waals surface area contributed by atoms with E-state index in [4.69, 9.17) is 9.47 Å². The number of likely N-dealkylation sites (tertiary alicyclic amines) is 2. The van der Waals surface area contributed by atoms with Gasteiger partial charge in [-0.15, -0.1) is 0 Å². The van der Waals surface area contributed by atoms with Gasteiger partial charge in [-0.05, 0) is 31.7 Å². The first-order valence-corrected chi connectivity index (χ1v) is 8.87. The lowest BCUT2D eigenvalue weighted by atomic mass is 9.94. The average molecular weight is 360 g/mol. The van der Waals surface area contributed by atoms with Crippen molar-refractivity contribution >= 4 is 18.0 Å². The van der Waals surface area contributed by atoms with Gasteiger partial charge in [-0.1, -0.05) is 30.3 Å². The smallest absolute Gasteiger partial charge is 0.411 e. The molecule has 7 heteroatoms. The number of benzene rings is 1. The lowest BCUT2D eigenvalue weighted by molar-refractivity contribution is -0.152. The second kappa shape index (κ2) is 7.35. The molecule has 1 spiro atoms. The maximum Gasteiger partial charge on any atom is 0.411 e. The van der Waals surface area contributed by atoms with Crippen LogP contribution in [-0.4, -0.2) is 59.5 Å². The Morgan fingerprint density at radius 3 is 2.62 bits per heavy atom. The van der Waals surface area contributed by atoms with Gasteiger partial charge in [0.1, 0.15) is 18.2 Å². The summed E-state index contributed by atoms with van der Waals surface area (Å²) in [6.07, 6.45) is 1.36. The fraction of sp³-hybridized carbons (Fsp3) is 0.526. The monoisotopic (exact) mass is 360 g/mol. The van der Waals surface area contributed by atoms with Gasteiger partial charge in [0.05, 0.1) is 7.11 Å². The highest BCUT2D eigenvalue weighted by Crippen LogP contribution is 2.40. The van der Waals surface area contributed by atoms with Crippen molar-refractivity contribution in [1.82, 2.24) is 9.80 Å². The number of hydrogen-bond donors (Lipinski definition) is 0. The standard InChI is InChI=1S/C19H24N2O5/c1-14(16(22)25-2)20-12-10-19(17(20)23)9-6-11-21(19)18(24)26-13-15-7-4-3-5-8-15/h3-5,7-8,14H,6,9-13H2,1-2H3/t14?,19-/m0/s1. The predicted molar refractivity (Wildman–Crippen MR) is 93.1 cm³/mol. The van der Waals surface area contributed by atoms with E-state index in [0.29, 0.717) is 25.9 Å². The third-order valence-corrected chi connectivity index (χ3v) is 5.35. The van der Waals surface area contributed by atoms with Crippen LogP contribution in [0.3, 0.4) is 0 Å². The summed E-state index contributed by atoms with van der Waals surface area (Å²) in [5.41, 5.74) is 0.00329. The fourth-order valence-corrected chi connectivity index (χ4v) is 3.87. The van der Waals surface area contributed by atoms with E-state index in [1.54, 1.807) is 11.8 Å². The number of ether oxygens (including phenoxy) is 2. The topological polar surface area (TPSA) is 76.2 Å². The molecule has 140 valence electrons. The van der Waals surface area contributed by atoms with Crippen LogP contribution in [0, 0.1) is 0 Å². The summed E-state index contributed by atoms with van der Waals surface area (Å²) >= 11 is 0. The molecular weight excluding hydrogens is 336 g/mol. The van der Waals surface area contributed by atoms with Crippen LogP contribution in [0.5, 0.6) is 0 Å². The van der Waals surface area contributed by atoms with Crippen molar-refractivity contribution in [2.24, 2.45) is 0 Å². The molecule has 1 unspecified atom stereocenters. The summed E-state index contributed by atoms with van der Waals surface area (Å²) in [4.78, 5) is 40.5. The Bertz CT molecular complexity index is 692. The summed E-state index contributed by atoms with van der Waals surface area (Å²) < 4.78 is 10.2. The minimum Gasteiger partial charge on any atom is -0.467 e. The number of carbonyl (C=O) groups is 3. The van der Waals surface area contributed by atoms with Crippen molar-refractivity contribution in [1.29, 1.82) is 0 Å². The normalized spacial score (nSPS) is 23.4. The van der Waals surface area contributed by atoms with Crippen LogP contribution in [-0.2, 0) is 25.7 Å². The van der Waals surface area contributed by atoms with E-state index in [2.05, 4.69) is 0 Å². The molecule has 2 fully saturated rings. The van der Waals surface area contributed by atoms with Crippen LogP contribution in [0.15, 0.2) is 30.3 Å². The largest absolute Gasteiger partial charge is 0.467 e. The van der Waals surface area contributed by atoms with Crippen LogP contribution in [0.25, 0.3) is 0 Å². The molecule has 0 saturated carbocycles. The molecule has 2 saturated heterocycles. The van der Waals surface area contributed by atoms with E-state index >= 15 is 0 Å². The Labute approximate surface area is 152 Å². The van der Waals surface area contributed by atoms with Gasteiger partial charge in [-0.25, -0.2) is 9.59 Å². The van der Waals surface area contributed by atoms with Crippen molar-refractivity contribution in [3.05, 3.63) is 35.9 Å². The lowest BCUT2D eigenvalue weighted by Crippen LogP contribution is -2.54. The molecule has 2 atom stereocenters. The average Bonchev–Trinajstić information content (AvgIpc) is 3.24. The molecule has 3 rings (SSSR count). The summed E-state index contributed by atoms with van der Waals surface area (Å²) in [5, 5.41) is 0. The SMILES string of the molecule is COC(=O)C(C)N1CC[C@@]2(CCCN2C(=O)OCc2ccccc2)C1=O. The minimum atomic E-state index is -0.893. The Morgan fingerprint density at radius 1 is 1.19 bits per heavy atom. The summed E-state index contributed by atoms with van der Waals surface area (Å²) in [6, 6.07) is 8.77. The van der Waals surface area contributed by atoms with Crippen LogP contribution in [0.1, 0.15) is 31.7 Å². The highest BCUT2D eigenvalue weighted by atomic mass is 16.6. The number of nitrogens with zero attached hydrogens (tertiary/aromatic N) is 2. The summed E-state index contributed by atoms with van der Waals surface area (Å²) in [6.45, 7) is 2.73. The maximum absolute atomic E-state index is 13.0. The van der Waals surface area contributed by atoms with Gasteiger partial charge in [-0.3, -0.25) is 9.69 Å². The molecule has 0 aromatic heterocycles. The number of methoxy groups -OCH3 is 1. The van der Waals surface area contributed by atoms with E-state index in [0.717, 1.165) is 12.0 Å². The van der Waals surface area contributed by atoms with Gasteiger partial charge in [0, 0.05) is 13.1 Å². The first kappa shape index (κ1) is 18.2. The van der Waals surface area contributed by atoms with Gasteiger partial charge in [0.15, 0.2) is 0 Å². The molecular formula is C19H24N2O5. The van der Waals surface area contributed by atoms with Crippen LogP contribution >= 0.6 is 0 Å². The molecule has 2 aliphatic rings. The number of esters is 1. The molecule has 2 heterocycles. The molecule has 26 heavy (non-hydrogen) atoms. The van der Waals surface area contributed by atoms with Crippen LogP contribution in [0.2, 0.25) is 0 Å². The van der Waals surface area contributed by atoms with Crippen LogP contribution in [0.4, 0.5) is 4.79 Å². The highest BCUT2D eigenvalue weighted by Gasteiger charge is 2.56. The lowest BCUT2D eigenvalue weighted by Gasteiger charge is -2.33. The third kappa shape index (κ3) is 3.13. The van der Waals surface area contributed by atoms with Gasteiger partial charge in [0.2, 0.25) is 5.91 Å². The second-order valence-electron chi connectivity index (χ2n) is 6.77. The molecule has 0 aliphatic carbocycles. The molecule has 0 radical (unpaired) electrons. The summed E-state index contributed by atoms with van der Waals surface area (Å²) in [5.74, 6) is -0.642. The number of carbonyl (C=O) groups excluding carboxylic acids is 3. The number of hydrogen-bond acceptors (Lipinski definition) is 5. The Balaban J connectivity index is 1.70. The third-order valence-electron chi connectivity index (χ3n) is 5.35. The van der Waals surface area contributed by atoms with E-state index in [9.17, 15) is 14.4 Å². The van der Waals surface area contributed by atoms with Crippen molar-refractivity contribution in [2.45, 2.75) is 44.4 Å². The predicted octanol–water partition coefficient (Wildman–Crippen LogP) is 1.95. The Kier molecular flexibility index (Phi) is 5.15. The van der Waals surface area contributed by atoms with Crippen molar-refractivity contribution in [2.75, 3.05) is 20.2 Å².